The number of carboxylic acid groups (broad SMARTS) is 1. The molecule has 2 fully saturated rings. The van der Waals surface area contributed by atoms with Gasteiger partial charge in [0, 0.05) is 5.41 Å². The Balaban J connectivity index is 2.60. The van der Waals surface area contributed by atoms with Crippen molar-refractivity contribution in [2.45, 2.75) is 39.2 Å². The fourth-order valence-corrected chi connectivity index (χ4v) is 2.72. The third-order valence-corrected chi connectivity index (χ3v) is 4.43. The number of aliphatic carboxylic acids is 1. The number of carboxylic acids is 1. The maximum atomic E-state index is 11.6. The largest absolute Gasteiger partial charge is 0.478 e. The molecule has 2 rings (SSSR count). The lowest BCUT2D eigenvalue weighted by molar-refractivity contribution is -0.178. The van der Waals surface area contributed by atoms with Crippen molar-refractivity contribution in [3.63, 3.8) is 0 Å². The number of ether oxygens (including phenoxy) is 1. The van der Waals surface area contributed by atoms with Crippen LogP contribution in [-0.2, 0) is 14.3 Å². The Morgan fingerprint density at radius 2 is 1.93 bits per heavy atom. The van der Waals surface area contributed by atoms with Crippen LogP contribution in [0.25, 0.3) is 0 Å². The molecule has 2 bridgehead atoms. The highest BCUT2D eigenvalue weighted by Crippen LogP contribution is 2.65. The van der Waals surface area contributed by atoms with Crippen LogP contribution in [-0.4, -0.2) is 22.6 Å². The Hall–Kier alpha value is -1.06. The summed E-state index contributed by atoms with van der Waals surface area (Å²) in [4.78, 5) is 22.8. The van der Waals surface area contributed by atoms with E-state index in [1.165, 1.54) is 0 Å². The first-order valence-corrected chi connectivity index (χ1v) is 4.75. The lowest BCUT2D eigenvalue weighted by Gasteiger charge is -2.32. The molecule has 4 heteroatoms. The van der Waals surface area contributed by atoms with Gasteiger partial charge in [-0.2, -0.15) is 0 Å². The zero-order chi connectivity index (χ0) is 10.8. The Bertz CT molecular complexity index is 333. The van der Waals surface area contributed by atoms with E-state index in [0.717, 1.165) is 0 Å². The highest BCUT2D eigenvalue weighted by Gasteiger charge is 2.76. The second kappa shape index (κ2) is 2.12. The molecule has 1 aliphatic heterocycles. The second-order valence-electron chi connectivity index (χ2n) is 4.98. The minimum atomic E-state index is -1.29. The van der Waals surface area contributed by atoms with E-state index in [4.69, 9.17) is 4.74 Å². The van der Waals surface area contributed by atoms with Gasteiger partial charge < -0.3 is 9.84 Å². The molecule has 0 aromatic rings. The predicted octanol–water partition coefficient (Wildman–Crippen LogP) is 1.19. The maximum absolute atomic E-state index is 11.6. The van der Waals surface area contributed by atoms with E-state index < -0.39 is 22.4 Å². The monoisotopic (exact) mass is 198 g/mol. The molecular weight excluding hydrogens is 184 g/mol. The fraction of sp³-hybridized carbons (Fsp3) is 0.800. The first kappa shape index (κ1) is 9.49. The average Bonchev–Trinajstić information content (AvgIpc) is 2.34. The SMILES string of the molecule is CC1(C)[C@@]2(C)CC[C@]1(C(=O)O)OC2=O. The van der Waals surface area contributed by atoms with Gasteiger partial charge in [-0.1, -0.05) is 13.8 Å². The van der Waals surface area contributed by atoms with Gasteiger partial charge in [-0.3, -0.25) is 4.79 Å². The van der Waals surface area contributed by atoms with Gasteiger partial charge >= 0.3 is 11.9 Å². The standard InChI is InChI=1S/C10H14O4/c1-8(2)9(3)4-5-10(8,6(11)12)14-7(9)13/h4-5H2,1-3H3,(H,11,12)/t9-,10+/m0/s1. The summed E-state index contributed by atoms with van der Waals surface area (Å²) < 4.78 is 5.09. The molecule has 1 N–H and O–H groups in total. The Morgan fingerprint density at radius 1 is 1.36 bits per heavy atom. The first-order valence-electron chi connectivity index (χ1n) is 4.75. The minimum absolute atomic E-state index is 0.365. The number of esters is 1. The van der Waals surface area contributed by atoms with Gasteiger partial charge in [0.2, 0.25) is 5.60 Å². The summed E-state index contributed by atoms with van der Waals surface area (Å²) in [7, 11) is 0. The van der Waals surface area contributed by atoms with Crippen molar-refractivity contribution in [1.29, 1.82) is 0 Å². The maximum Gasteiger partial charge on any atom is 0.348 e. The molecule has 4 nitrogen and oxygen atoms in total. The number of fused-ring (bicyclic) bond motifs is 2. The van der Waals surface area contributed by atoms with Crippen molar-refractivity contribution in [1.82, 2.24) is 0 Å². The second-order valence-corrected chi connectivity index (χ2v) is 4.98. The van der Waals surface area contributed by atoms with Crippen molar-refractivity contribution >= 4 is 11.9 Å². The summed E-state index contributed by atoms with van der Waals surface area (Å²) in [5.41, 5.74) is -2.55. The fourth-order valence-electron chi connectivity index (χ4n) is 2.72. The molecule has 0 unspecified atom stereocenters. The van der Waals surface area contributed by atoms with E-state index in [2.05, 4.69) is 0 Å². The summed E-state index contributed by atoms with van der Waals surface area (Å²) in [6.45, 7) is 5.41. The minimum Gasteiger partial charge on any atom is -0.478 e. The Labute approximate surface area is 82.2 Å². The van der Waals surface area contributed by atoms with Gasteiger partial charge in [0.05, 0.1) is 5.41 Å². The van der Waals surface area contributed by atoms with Gasteiger partial charge in [0.15, 0.2) is 0 Å². The van der Waals surface area contributed by atoms with Crippen LogP contribution in [0.4, 0.5) is 0 Å². The summed E-state index contributed by atoms with van der Waals surface area (Å²) in [6, 6.07) is 0. The van der Waals surface area contributed by atoms with E-state index in [9.17, 15) is 14.7 Å². The molecule has 2 atom stereocenters. The highest BCUT2D eigenvalue weighted by atomic mass is 16.6. The zero-order valence-electron chi connectivity index (χ0n) is 8.59. The van der Waals surface area contributed by atoms with Crippen molar-refractivity contribution in [2.75, 3.05) is 0 Å². The molecule has 2 aliphatic rings. The van der Waals surface area contributed by atoms with Crippen LogP contribution in [0.15, 0.2) is 0 Å². The van der Waals surface area contributed by atoms with Gasteiger partial charge in [0.1, 0.15) is 0 Å². The summed E-state index contributed by atoms with van der Waals surface area (Å²) in [5, 5.41) is 9.18. The number of carbonyl (C=O) groups is 2. The molecule has 78 valence electrons. The molecule has 14 heavy (non-hydrogen) atoms. The number of hydrogen-bond donors (Lipinski definition) is 1. The van der Waals surface area contributed by atoms with Crippen LogP contribution in [0.1, 0.15) is 33.6 Å². The van der Waals surface area contributed by atoms with Crippen LogP contribution in [0.3, 0.4) is 0 Å². The molecule has 0 spiro atoms. The quantitative estimate of drug-likeness (QED) is 0.643. The van der Waals surface area contributed by atoms with E-state index in [-0.39, 0.29) is 5.97 Å². The van der Waals surface area contributed by atoms with Crippen molar-refractivity contribution < 1.29 is 19.4 Å². The molecule has 0 aromatic heterocycles. The molecule has 0 aromatic carbocycles. The Kier molecular flexibility index (Phi) is 1.44. The van der Waals surface area contributed by atoms with E-state index in [0.29, 0.717) is 12.8 Å². The van der Waals surface area contributed by atoms with E-state index >= 15 is 0 Å². The number of rotatable bonds is 1. The molecule has 1 saturated carbocycles. The smallest absolute Gasteiger partial charge is 0.348 e. The van der Waals surface area contributed by atoms with Gasteiger partial charge in [0.25, 0.3) is 0 Å². The van der Waals surface area contributed by atoms with Crippen LogP contribution in [0.2, 0.25) is 0 Å². The number of hydrogen-bond acceptors (Lipinski definition) is 3. The predicted molar refractivity (Wildman–Crippen MR) is 47.6 cm³/mol. The average molecular weight is 198 g/mol. The van der Waals surface area contributed by atoms with Crippen molar-refractivity contribution in [3.8, 4) is 0 Å². The zero-order valence-corrected chi connectivity index (χ0v) is 8.59. The highest BCUT2D eigenvalue weighted by molar-refractivity contribution is 5.92. The third-order valence-electron chi connectivity index (χ3n) is 4.43. The molecule has 1 saturated heterocycles. The number of carbonyl (C=O) groups excluding carboxylic acids is 1. The van der Waals surface area contributed by atoms with Crippen LogP contribution in [0, 0.1) is 10.8 Å². The molecule has 0 amide bonds. The van der Waals surface area contributed by atoms with Crippen molar-refractivity contribution in [2.24, 2.45) is 10.8 Å². The van der Waals surface area contributed by atoms with Crippen LogP contribution < -0.4 is 0 Å². The molecule has 1 heterocycles. The normalized spacial score (nSPS) is 43.8. The molecule has 0 radical (unpaired) electrons. The lowest BCUT2D eigenvalue weighted by atomic mass is 9.66. The lowest BCUT2D eigenvalue weighted by Crippen LogP contribution is -2.47. The van der Waals surface area contributed by atoms with E-state index in [1.807, 2.05) is 0 Å². The van der Waals surface area contributed by atoms with Gasteiger partial charge in [-0.05, 0) is 19.8 Å². The van der Waals surface area contributed by atoms with Gasteiger partial charge in [-0.15, -0.1) is 0 Å². The van der Waals surface area contributed by atoms with Crippen LogP contribution in [0.5, 0.6) is 0 Å². The summed E-state index contributed by atoms with van der Waals surface area (Å²) in [6.07, 6.45) is 1.03. The summed E-state index contributed by atoms with van der Waals surface area (Å²) in [5.74, 6) is -1.38. The third kappa shape index (κ3) is 0.645. The van der Waals surface area contributed by atoms with Crippen LogP contribution >= 0.6 is 0 Å². The summed E-state index contributed by atoms with van der Waals surface area (Å²) >= 11 is 0. The van der Waals surface area contributed by atoms with Gasteiger partial charge in [-0.25, -0.2) is 4.79 Å². The molecule has 1 aliphatic carbocycles. The van der Waals surface area contributed by atoms with Crippen molar-refractivity contribution in [3.05, 3.63) is 0 Å². The Morgan fingerprint density at radius 3 is 2.14 bits per heavy atom. The molecular formula is C10H14O4. The first-order chi connectivity index (χ1) is 6.28. The van der Waals surface area contributed by atoms with E-state index in [1.54, 1.807) is 20.8 Å². The topological polar surface area (TPSA) is 63.6 Å².